The van der Waals surface area contributed by atoms with E-state index >= 15 is 0 Å². The van der Waals surface area contributed by atoms with Crippen molar-refractivity contribution in [1.82, 2.24) is 10.2 Å². The first-order valence-electron chi connectivity index (χ1n) is 8.58. The number of amides is 3. The van der Waals surface area contributed by atoms with Gasteiger partial charge in [-0.05, 0) is 23.1 Å². The molecule has 1 aromatic carbocycles. The van der Waals surface area contributed by atoms with Gasteiger partial charge in [0, 0.05) is 13.1 Å². The van der Waals surface area contributed by atoms with E-state index in [1.165, 1.54) is 16.7 Å². The zero-order valence-corrected chi connectivity index (χ0v) is 18.6. The molecule has 0 aliphatic carbocycles. The number of halogens is 1. The summed E-state index contributed by atoms with van der Waals surface area (Å²) in [5.74, 6) is -0.282. The van der Waals surface area contributed by atoms with E-state index in [0.717, 1.165) is 5.56 Å². The highest BCUT2D eigenvalue weighted by atomic mass is 127. The number of benzene rings is 1. The molecule has 0 saturated carbocycles. The predicted octanol–water partition coefficient (Wildman–Crippen LogP) is 2.43. The number of imide groups is 1. The highest BCUT2D eigenvalue weighted by Gasteiger charge is 2.36. The molecule has 1 aliphatic rings. The third-order valence-electron chi connectivity index (χ3n) is 4.14. The van der Waals surface area contributed by atoms with Crippen molar-refractivity contribution in [1.29, 1.82) is 0 Å². The largest absolute Gasteiger partial charge is 0.354 e. The molecule has 0 bridgehead atoms. The van der Waals surface area contributed by atoms with E-state index in [1.807, 2.05) is 28.7 Å². The minimum absolute atomic E-state index is 0.0917. The molecule has 1 aliphatic heterocycles. The van der Waals surface area contributed by atoms with Crippen molar-refractivity contribution in [3.63, 3.8) is 0 Å². The number of hydrogen-bond acceptors (Lipinski definition) is 5. The summed E-state index contributed by atoms with van der Waals surface area (Å²) in [6.45, 7) is 6.47. The maximum atomic E-state index is 12.6. The topological polar surface area (TPSA) is 83.6 Å². The number of nitrogens with one attached hydrogen (secondary N) is 1. The predicted molar refractivity (Wildman–Crippen MR) is 115 cm³/mol. The highest BCUT2D eigenvalue weighted by Crippen LogP contribution is 2.29. The van der Waals surface area contributed by atoms with E-state index in [2.05, 4.69) is 26.1 Å². The number of Topliss-reactive ketones (excluding diaryl/α,β-unsaturated/α-hetero) is 1. The Hall–Kier alpha value is -1.42. The number of rotatable bonds is 8. The monoisotopic (exact) mass is 502 g/mol. The van der Waals surface area contributed by atoms with Crippen molar-refractivity contribution in [3.8, 4) is 0 Å². The summed E-state index contributed by atoms with van der Waals surface area (Å²) in [5.41, 5.74) is 1.71. The lowest BCUT2D eigenvalue weighted by atomic mass is 9.85. The van der Waals surface area contributed by atoms with Crippen LogP contribution in [0.4, 0.5) is 0 Å². The quantitative estimate of drug-likeness (QED) is 0.336. The zero-order valence-electron chi connectivity index (χ0n) is 15.6. The number of carbonyl (C=O) groups excluding carboxylic acids is 4. The number of alkyl halides is 1. The molecule has 0 saturated heterocycles. The van der Waals surface area contributed by atoms with Gasteiger partial charge in [-0.25, -0.2) is 0 Å². The number of carbonyl (C=O) groups is 4. The molecule has 8 heteroatoms. The van der Waals surface area contributed by atoms with Gasteiger partial charge >= 0.3 is 0 Å². The van der Waals surface area contributed by atoms with E-state index in [1.54, 1.807) is 12.1 Å². The van der Waals surface area contributed by atoms with Crippen LogP contribution in [-0.2, 0) is 15.0 Å². The molecule has 2 rings (SSSR count). The number of ketones is 1. The molecule has 1 N–H and O–H groups in total. The maximum absolute atomic E-state index is 12.6. The lowest BCUT2D eigenvalue weighted by molar-refractivity contribution is -0.118. The lowest BCUT2D eigenvalue weighted by Gasteiger charge is -2.19. The Morgan fingerprint density at radius 2 is 1.78 bits per heavy atom. The van der Waals surface area contributed by atoms with E-state index in [4.69, 9.17) is 0 Å². The fraction of sp³-hybridized carbons (Fsp3) is 0.474. The van der Waals surface area contributed by atoms with Crippen molar-refractivity contribution < 1.29 is 19.2 Å². The molecule has 0 spiro atoms. The molecule has 0 atom stereocenters. The zero-order chi connectivity index (χ0) is 20.2. The highest BCUT2D eigenvalue weighted by molar-refractivity contribution is 14.1. The van der Waals surface area contributed by atoms with Crippen molar-refractivity contribution in [3.05, 3.63) is 34.9 Å². The molecule has 0 unspecified atom stereocenters. The van der Waals surface area contributed by atoms with E-state index in [-0.39, 0.29) is 47.8 Å². The second-order valence-corrected chi connectivity index (χ2v) is 9.04. The number of thioether (sulfide) groups is 1. The Morgan fingerprint density at radius 3 is 2.41 bits per heavy atom. The molecule has 146 valence electrons. The van der Waals surface area contributed by atoms with Gasteiger partial charge in [0.2, 0.25) is 5.91 Å². The third kappa shape index (κ3) is 5.54. The average Bonchev–Trinajstić information content (AvgIpc) is 2.85. The second-order valence-electron chi connectivity index (χ2n) is 7.29. The van der Waals surface area contributed by atoms with Gasteiger partial charge in [0.25, 0.3) is 11.8 Å². The fourth-order valence-electron chi connectivity index (χ4n) is 2.61. The van der Waals surface area contributed by atoms with Crippen LogP contribution in [0.1, 0.15) is 47.1 Å². The smallest absolute Gasteiger partial charge is 0.261 e. The van der Waals surface area contributed by atoms with Crippen LogP contribution < -0.4 is 5.32 Å². The van der Waals surface area contributed by atoms with Crippen molar-refractivity contribution >= 4 is 57.9 Å². The first-order chi connectivity index (χ1) is 12.6. The maximum Gasteiger partial charge on any atom is 0.261 e. The van der Waals surface area contributed by atoms with Crippen molar-refractivity contribution in [2.24, 2.45) is 0 Å². The van der Waals surface area contributed by atoms with Gasteiger partial charge in [0.1, 0.15) is 0 Å². The summed E-state index contributed by atoms with van der Waals surface area (Å²) in [6.07, 6.45) is 0. The molecule has 3 amide bonds. The number of hydrogen-bond donors (Lipinski definition) is 1. The van der Waals surface area contributed by atoms with Gasteiger partial charge in [-0.3, -0.25) is 24.1 Å². The summed E-state index contributed by atoms with van der Waals surface area (Å²) < 4.78 is 0.434. The Labute approximate surface area is 177 Å². The summed E-state index contributed by atoms with van der Waals surface area (Å²) in [6, 6.07) is 5.37. The van der Waals surface area contributed by atoms with Crippen LogP contribution in [0.15, 0.2) is 18.2 Å². The minimum Gasteiger partial charge on any atom is -0.354 e. The Balaban J connectivity index is 1.89. The van der Waals surface area contributed by atoms with Gasteiger partial charge < -0.3 is 5.32 Å². The Kier molecular flexibility index (Phi) is 7.44. The second kappa shape index (κ2) is 9.18. The van der Waals surface area contributed by atoms with Crippen LogP contribution in [0.5, 0.6) is 0 Å². The molecular formula is C19H23IN2O4S. The number of fused-ring (bicyclic) bond motifs is 1. The number of nitrogens with zero attached hydrogens (tertiary/aromatic N) is 1. The third-order valence-corrected chi connectivity index (χ3v) is 5.98. The van der Waals surface area contributed by atoms with E-state index < -0.39 is 0 Å². The Morgan fingerprint density at radius 1 is 1.11 bits per heavy atom. The van der Waals surface area contributed by atoms with Crippen LogP contribution in [0.3, 0.4) is 0 Å². The van der Waals surface area contributed by atoms with Crippen molar-refractivity contribution in [2.75, 3.05) is 29.0 Å². The molecule has 1 aromatic rings. The lowest BCUT2D eigenvalue weighted by Crippen LogP contribution is -2.38. The van der Waals surface area contributed by atoms with Gasteiger partial charge in [-0.1, -0.05) is 49.4 Å². The molecule has 0 fully saturated rings. The van der Waals surface area contributed by atoms with Crippen LogP contribution >= 0.6 is 34.4 Å². The normalized spacial score (nSPS) is 13.7. The van der Waals surface area contributed by atoms with Gasteiger partial charge in [0.05, 0.1) is 27.1 Å². The summed E-state index contributed by atoms with van der Waals surface area (Å²) in [5, 5.41) is 2.69. The molecule has 6 nitrogen and oxygen atoms in total. The summed E-state index contributed by atoms with van der Waals surface area (Å²) in [4.78, 5) is 49.2. The molecule has 0 radical (unpaired) electrons. The van der Waals surface area contributed by atoms with E-state index in [9.17, 15) is 19.2 Å². The first kappa shape index (κ1) is 21.9. The fourth-order valence-corrected chi connectivity index (χ4v) is 3.97. The molecular weight excluding hydrogens is 479 g/mol. The molecule has 27 heavy (non-hydrogen) atoms. The van der Waals surface area contributed by atoms with Crippen LogP contribution in [0, 0.1) is 0 Å². The molecule has 1 heterocycles. The van der Waals surface area contributed by atoms with Crippen LogP contribution in [-0.4, -0.2) is 57.4 Å². The van der Waals surface area contributed by atoms with Gasteiger partial charge in [0.15, 0.2) is 5.78 Å². The first-order valence-corrected chi connectivity index (χ1v) is 11.3. The summed E-state index contributed by atoms with van der Waals surface area (Å²) in [7, 11) is 0. The van der Waals surface area contributed by atoms with Gasteiger partial charge in [-0.2, -0.15) is 0 Å². The van der Waals surface area contributed by atoms with Crippen LogP contribution in [0.25, 0.3) is 0 Å². The van der Waals surface area contributed by atoms with E-state index in [0.29, 0.717) is 21.3 Å². The summed E-state index contributed by atoms with van der Waals surface area (Å²) >= 11 is 3.25. The standard InChI is InChI=1S/C19H23IN2O4S/c1-19(2,3)12-4-5-14-15(8-12)18(26)22(17(14)25)7-6-21-16(24)11-27-10-13(23)9-20/h4-5,8H,6-7,9-11H2,1-3H3,(H,21,24). The SMILES string of the molecule is CC(C)(C)c1ccc2c(c1)C(=O)N(CCNC(=O)CSCC(=O)CI)C2=O. The van der Waals surface area contributed by atoms with Gasteiger partial charge in [-0.15, -0.1) is 11.8 Å². The minimum atomic E-state index is -0.327. The Bertz CT molecular complexity index is 773. The van der Waals surface area contributed by atoms with Crippen LogP contribution in [0.2, 0.25) is 0 Å². The average molecular weight is 502 g/mol. The molecule has 0 aromatic heterocycles. The van der Waals surface area contributed by atoms with Crippen molar-refractivity contribution in [2.45, 2.75) is 26.2 Å².